The van der Waals surface area contributed by atoms with Crippen molar-refractivity contribution in [2.24, 2.45) is 0 Å². The van der Waals surface area contributed by atoms with E-state index >= 15 is 0 Å². The summed E-state index contributed by atoms with van der Waals surface area (Å²) >= 11 is 0. The van der Waals surface area contributed by atoms with E-state index in [4.69, 9.17) is 9.52 Å². The number of amides is 1. The van der Waals surface area contributed by atoms with Crippen molar-refractivity contribution in [1.82, 2.24) is 10.3 Å². The maximum atomic E-state index is 13.0. The lowest BCUT2D eigenvalue weighted by atomic mass is 10.0. The van der Waals surface area contributed by atoms with E-state index in [2.05, 4.69) is 10.3 Å². The van der Waals surface area contributed by atoms with Crippen molar-refractivity contribution in [3.8, 4) is 11.1 Å². The van der Waals surface area contributed by atoms with Crippen molar-refractivity contribution in [1.29, 1.82) is 4.78 Å². The van der Waals surface area contributed by atoms with E-state index in [1.165, 1.54) is 32.4 Å². The average Bonchev–Trinajstić information content (AvgIpc) is 2.66. The molecule has 1 unspecified atom stereocenters. The van der Waals surface area contributed by atoms with Gasteiger partial charge in [0.1, 0.15) is 10.8 Å². The summed E-state index contributed by atoms with van der Waals surface area (Å²) in [6.45, 7) is 2.14. The number of alkyl halides is 3. The Hall–Kier alpha value is -2.46. The maximum absolute atomic E-state index is 13.0. The van der Waals surface area contributed by atoms with Gasteiger partial charge in [0.15, 0.2) is 0 Å². The maximum Gasteiger partial charge on any atom is 0.315 e. The van der Waals surface area contributed by atoms with Crippen LogP contribution in [-0.2, 0) is 19.3 Å². The smallest absolute Gasteiger partial charge is 0.315 e. The summed E-state index contributed by atoms with van der Waals surface area (Å²) in [6, 6.07) is 10.2. The van der Waals surface area contributed by atoms with Crippen molar-refractivity contribution >= 4 is 15.6 Å². The van der Waals surface area contributed by atoms with Crippen LogP contribution in [-0.4, -0.2) is 40.2 Å². The topological polar surface area (TPSA) is 92.1 Å². The molecule has 164 valence electrons. The molecule has 0 fully saturated rings. The molecule has 2 atom stereocenters. The number of ether oxygens (including phenoxy) is 1. The molecule has 2 rings (SSSR count). The zero-order valence-corrected chi connectivity index (χ0v) is 17.6. The van der Waals surface area contributed by atoms with Crippen LogP contribution >= 0.6 is 0 Å². The van der Waals surface area contributed by atoms with Crippen LogP contribution in [0.15, 0.2) is 47.6 Å². The second-order valence-corrected chi connectivity index (χ2v) is 9.34. The molecule has 6 nitrogen and oxygen atoms in total. The van der Waals surface area contributed by atoms with Crippen LogP contribution < -0.4 is 5.32 Å². The quantitative estimate of drug-likeness (QED) is 0.565. The summed E-state index contributed by atoms with van der Waals surface area (Å²) in [6.07, 6.45) is -1.15. The summed E-state index contributed by atoms with van der Waals surface area (Å²) in [4.78, 5) is 15.3. The highest BCUT2D eigenvalue weighted by Gasteiger charge is 2.29. The molecule has 0 bridgehead atoms. The number of hydrogen-bond acceptors (Lipinski definition) is 5. The van der Waals surface area contributed by atoms with E-state index in [-0.39, 0.29) is 11.4 Å². The third kappa shape index (κ3) is 6.53. The Labute approximate surface area is 173 Å². The van der Waals surface area contributed by atoms with E-state index in [0.29, 0.717) is 5.56 Å². The van der Waals surface area contributed by atoms with Gasteiger partial charge in [-0.25, -0.2) is 14.0 Å². The van der Waals surface area contributed by atoms with Crippen LogP contribution in [0.1, 0.15) is 31.9 Å². The van der Waals surface area contributed by atoms with Crippen molar-refractivity contribution in [2.75, 3.05) is 12.9 Å². The van der Waals surface area contributed by atoms with Crippen LogP contribution in [0.3, 0.4) is 0 Å². The molecule has 2 N–H and O–H groups in total. The minimum atomic E-state index is -3.18. The standard InChI is InChI=1S/C20H24F3N3O3S/c1-20(2,26-19(27)18(22)23)29-16(10-11-21)14-6-4-13(5-7-14)15-8-9-17(25-12-15)30(3,24)28/h4-9,12,16,18,24H,10-11H2,1-3H3,(H,26,27)/t16-,30?/m0/s1. The second kappa shape index (κ2) is 9.57. The van der Waals surface area contributed by atoms with Crippen LogP contribution in [0.5, 0.6) is 0 Å². The Balaban J connectivity index is 2.19. The van der Waals surface area contributed by atoms with Gasteiger partial charge >= 0.3 is 6.43 Å². The molecule has 0 aliphatic rings. The molecule has 1 heterocycles. The zero-order valence-electron chi connectivity index (χ0n) is 16.8. The third-order valence-corrected chi connectivity index (χ3v) is 5.22. The van der Waals surface area contributed by atoms with E-state index in [0.717, 1.165) is 11.1 Å². The molecule has 1 aromatic carbocycles. The Morgan fingerprint density at radius 2 is 1.80 bits per heavy atom. The van der Waals surface area contributed by atoms with E-state index in [1.54, 1.807) is 30.3 Å². The average molecular weight is 443 g/mol. The Bertz CT molecular complexity index is 963. The lowest BCUT2D eigenvalue weighted by Gasteiger charge is -2.31. The lowest BCUT2D eigenvalue weighted by Crippen LogP contribution is -2.48. The highest BCUT2D eigenvalue weighted by Crippen LogP contribution is 2.29. The van der Waals surface area contributed by atoms with Gasteiger partial charge in [-0.15, -0.1) is 0 Å². The van der Waals surface area contributed by atoms with Gasteiger partial charge in [-0.05, 0) is 31.0 Å². The fourth-order valence-electron chi connectivity index (χ4n) is 2.80. The number of aromatic nitrogens is 1. The molecular formula is C20H24F3N3O3S. The lowest BCUT2D eigenvalue weighted by molar-refractivity contribution is -0.148. The van der Waals surface area contributed by atoms with E-state index in [9.17, 15) is 22.2 Å². The van der Waals surface area contributed by atoms with Gasteiger partial charge in [-0.3, -0.25) is 9.18 Å². The first kappa shape index (κ1) is 23.8. The van der Waals surface area contributed by atoms with Gasteiger partial charge in [-0.2, -0.15) is 8.78 Å². The van der Waals surface area contributed by atoms with Crippen molar-refractivity contribution in [2.45, 2.75) is 43.5 Å². The molecule has 0 radical (unpaired) electrons. The molecule has 0 spiro atoms. The third-order valence-electron chi connectivity index (χ3n) is 4.18. The van der Waals surface area contributed by atoms with Crippen LogP contribution in [0.4, 0.5) is 13.2 Å². The zero-order chi connectivity index (χ0) is 22.5. The number of hydrogen-bond donors (Lipinski definition) is 2. The number of nitrogens with one attached hydrogen (secondary N) is 2. The number of halogens is 3. The van der Waals surface area contributed by atoms with Gasteiger partial charge in [-0.1, -0.05) is 30.3 Å². The van der Waals surface area contributed by atoms with E-state index in [1.807, 2.05) is 0 Å². The number of carbonyl (C=O) groups excluding carboxylic acids is 1. The summed E-state index contributed by atoms with van der Waals surface area (Å²) in [5.41, 5.74) is 0.717. The minimum absolute atomic E-state index is 0.0159. The van der Waals surface area contributed by atoms with Gasteiger partial charge in [0.05, 0.1) is 22.5 Å². The summed E-state index contributed by atoms with van der Waals surface area (Å²) < 4.78 is 63.0. The summed E-state index contributed by atoms with van der Waals surface area (Å²) in [5, 5.41) is 2.28. The van der Waals surface area contributed by atoms with Gasteiger partial charge in [0, 0.05) is 24.4 Å². The molecule has 1 amide bonds. The number of benzene rings is 1. The van der Waals surface area contributed by atoms with E-state index < -0.39 is 40.6 Å². The molecule has 0 saturated carbocycles. The Kier molecular flexibility index (Phi) is 7.59. The van der Waals surface area contributed by atoms with Gasteiger partial charge < -0.3 is 10.1 Å². The molecule has 10 heteroatoms. The van der Waals surface area contributed by atoms with Crippen molar-refractivity contribution < 1.29 is 26.9 Å². The van der Waals surface area contributed by atoms with Crippen molar-refractivity contribution in [3.63, 3.8) is 0 Å². The highest BCUT2D eigenvalue weighted by molar-refractivity contribution is 7.91. The Morgan fingerprint density at radius 1 is 1.20 bits per heavy atom. The predicted octanol–water partition coefficient (Wildman–Crippen LogP) is 4.32. The molecule has 2 aromatic rings. The molecule has 0 saturated heterocycles. The monoisotopic (exact) mass is 443 g/mol. The molecule has 0 aliphatic heterocycles. The summed E-state index contributed by atoms with van der Waals surface area (Å²) in [7, 11) is -2.90. The Morgan fingerprint density at radius 3 is 2.27 bits per heavy atom. The molecule has 1 aromatic heterocycles. The van der Waals surface area contributed by atoms with Crippen LogP contribution in [0, 0.1) is 4.78 Å². The normalized spacial score (nSPS) is 14.9. The minimum Gasteiger partial charge on any atom is -0.348 e. The predicted molar refractivity (Wildman–Crippen MR) is 107 cm³/mol. The van der Waals surface area contributed by atoms with Crippen LogP contribution in [0.25, 0.3) is 11.1 Å². The molecule has 0 aliphatic carbocycles. The second-order valence-electron chi connectivity index (χ2n) is 7.24. The first-order chi connectivity index (χ1) is 13.9. The first-order valence-electron chi connectivity index (χ1n) is 9.07. The van der Waals surface area contributed by atoms with Crippen molar-refractivity contribution in [3.05, 3.63) is 48.2 Å². The van der Waals surface area contributed by atoms with Gasteiger partial charge in [0.25, 0.3) is 5.91 Å². The first-order valence-corrected chi connectivity index (χ1v) is 11.0. The number of nitrogens with zero attached hydrogens (tertiary/aromatic N) is 1. The number of rotatable bonds is 9. The van der Waals surface area contributed by atoms with Crippen LogP contribution in [0.2, 0.25) is 0 Å². The number of carbonyl (C=O) groups is 1. The fourth-order valence-corrected chi connectivity index (χ4v) is 3.38. The SMILES string of the molecule is CC(C)(NC(=O)C(F)F)O[C@@H](CCF)c1ccc(-c2ccc(S(C)(=N)=O)nc2)cc1. The molecule has 30 heavy (non-hydrogen) atoms. The molecular weight excluding hydrogens is 419 g/mol. The fraction of sp³-hybridized carbons (Fsp3) is 0.400. The summed E-state index contributed by atoms with van der Waals surface area (Å²) in [5.74, 6) is -1.46. The number of pyridine rings is 1. The van der Waals surface area contributed by atoms with Gasteiger partial charge in [0.2, 0.25) is 0 Å². The highest BCUT2D eigenvalue weighted by atomic mass is 32.2. The largest absolute Gasteiger partial charge is 0.348 e.